The maximum absolute atomic E-state index is 11.9. The van der Waals surface area contributed by atoms with Crippen molar-refractivity contribution in [2.45, 2.75) is 25.1 Å². The number of allylic oxidation sites excluding steroid dienone is 1. The number of ether oxygens (including phenoxy) is 2. The van der Waals surface area contributed by atoms with Gasteiger partial charge < -0.3 is 19.9 Å². The third-order valence-corrected chi connectivity index (χ3v) is 5.04. The number of esters is 1. The number of hydrogen-bond donors (Lipinski definition) is 2. The molecular formula is C16H19N3O4S2. The second-order valence-electron chi connectivity index (χ2n) is 4.94. The number of carbonyl (C=O) groups excluding carboxylic acids is 1. The zero-order valence-corrected chi connectivity index (χ0v) is 16.0. The van der Waals surface area contributed by atoms with E-state index in [9.17, 15) is 9.90 Å². The summed E-state index contributed by atoms with van der Waals surface area (Å²) in [4.78, 5) is 12.0. The highest BCUT2D eigenvalue weighted by Crippen LogP contribution is 2.35. The Bertz CT molecular complexity index is 785. The number of aliphatic hydroxyl groups excluding tert-OH is 1. The molecule has 134 valence electrons. The number of methoxy groups -OCH3 is 1. The van der Waals surface area contributed by atoms with Gasteiger partial charge in [-0.1, -0.05) is 17.4 Å². The standard InChI is InChI=1S/C16H19N3O4S2/c1-5-23-14(21)13(10(3)20)24-16-19-18-15(25-16)17-11-8-9(2)6-7-12(11)22-4/h6-8,20H,5H2,1-4H3,(H,17,18)/b13-10-. The zero-order chi connectivity index (χ0) is 18.4. The average molecular weight is 381 g/mol. The van der Waals surface area contributed by atoms with Crippen molar-refractivity contribution in [2.24, 2.45) is 0 Å². The largest absolute Gasteiger partial charge is 0.511 e. The first-order chi connectivity index (χ1) is 11.9. The molecule has 1 heterocycles. The van der Waals surface area contributed by atoms with E-state index in [1.165, 1.54) is 18.3 Å². The maximum atomic E-state index is 11.9. The molecule has 0 fully saturated rings. The van der Waals surface area contributed by atoms with Crippen LogP contribution in [0.25, 0.3) is 0 Å². The number of aryl methyl sites for hydroxylation is 1. The van der Waals surface area contributed by atoms with Gasteiger partial charge in [-0.25, -0.2) is 4.79 Å². The van der Waals surface area contributed by atoms with Crippen LogP contribution in [0.5, 0.6) is 5.75 Å². The van der Waals surface area contributed by atoms with Gasteiger partial charge in [-0.2, -0.15) is 0 Å². The molecule has 0 radical (unpaired) electrons. The number of benzene rings is 1. The van der Waals surface area contributed by atoms with Gasteiger partial charge in [0, 0.05) is 0 Å². The summed E-state index contributed by atoms with van der Waals surface area (Å²) < 4.78 is 10.8. The molecule has 0 atom stereocenters. The Morgan fingerprint density at radius 2 is 2.16 bits per heavy atom. The van der Waals surface area contributed by atoms with Crippen LogP contribution in [-0.2, 0) is 9.53 Å². The lowest BCUT2D eigenvalue weighted by molar-refractivity contribution is -0.137. The number of anilines is 2. The van der Waals surface area contributed by atoms with Crippen LogP contribution in [0.15, 0.2) is 33.2 Å². The van der Waals surface area contributed by atoms with Crippen LogP contribution in [0.3, 0.4) is 0 Å². The molecule has 0 bridgehead atoms. The Balaban J connectivity index is 2.16. The zero-order valence-electron chi connectivity index (χ0n) is 14.3. The Labute approximate surface area is 154 Å². The van der Waals surface area contributed by atoms with Crippen LogP contribution < -0.4 is 10.1 Å². The van der Waals surface area contributed by atoms with E-state index in [1.807, 2.05) is 25.1 Å². The number of rotatable bonds is 7. The van der Waals surface area contributed by atoms with E-state index in [0.717, 1.165) is 23.0 Å². The average Bonchev–Trinajstić information content (AvgIpc) is 3.00. The quantitative estimate of drug-likeness (QED) is 0.321. The van der Waals surface area contributed by atoms with Crippen LogP contribution >= 0.6 is 23.1 Å². The molecule has 0 saturated heterocycles. The molecule has 9 heteroatoms. The van der Waals surface area contributed by atoms with Crippen LogP contribution in [0, 0.1) is 6.92 Å². The molecule has 1 aromatic carbocycles. The Hall–Kier alpha value is -2.26. The fourth-order valence-electron chi connectivity index (χ4n) is 1.88. The van der Waals surface area contributed by atoms with Crippen LogP contribution in [-0.4, -0.2) is 35.0 Å². The van der Waals surface area contributed by atoms with Gasteiger partial charge in [0.2, 0.25) is 5.13 Å². The molecule has 0 aliphatic rings. The third-order valence-electron chi connectivity index (χ3n) is 2.98. The summed E-state index contributed by atoms with van der Waals surface area (Å²) in [5.74, 6) is -0.0145. The summed E-state index contributed by atoms with van der Waals surface area (Å²) in [7, 11) is 1.59. The van der Waals surface area contributed by atoms with Crippen molar-refractivity contribution in [3.63, 3.8) is 0 Å². The lowest BCUT2D eigenvalue weighted by Gasteiger charge is -2.09. The normalized spacial score (nSPS) is 11.7. The lowest BCUT2D eigenvalue weighted by Crippen LogP contribution is -2.07. The molecule has 0 amide bonds. The van der Waals surface area contributed by atoms with Crippen molar-refractivity contribution < 1.29 is 19.4 Å². The molecule has 0 unspecified atom stereocenters. The molecule has 0 saturated carbocycles. The van der Waals surface area contributed by atoms with E-state index in [4.69, 9.17) is 9.47 Å². The highest BCUT2D eigenvalue weighted by molar-refractivity contribution is 8.05. The SMILES string of the molecule is CCOC(=O)/C(Sc1nnc(Nc2cc(C)ccc2OC)s1)=C(\C)O. The molecule has 2 N–H and O–H groups in total. The van der Waals surface area contributed by atoms with E-state index >= 15 is 0 Å². The van der Waals surface area contributed by atoms with Crippen molar-refractivity contribution in [1.29, 1.82) is 0 Å². The van der Waals surface area contributed by atoms with Crippen molar-refractivity contribution in [1.82, 2.24) is 10.2 Å². The van der Waals surface area contributed by atoms with E-state index in [1.54, 1.807) is 14.0 Å². The highest BCUT2D eigenvalue weighted by Gasteiger charge is 2.19. The van der Waals surface area contributed by atoms with Crippen molar-refractivity contribution in [2.75, 3.05) is 19.0 Å². The number of aromatic nitrogens is 2. The maximum Gasteiger partial charge on any atom is 0.348 e. The number of thioether (sulfide) groups is 1. The van der Waals surface area contributed by atoms with Gasteiger partial charge >= 0.3 is 5.97 Å². The van der Waals surface area contributed by atoms with Crippen LogP contribution in [0.1, 0.15) is 19.4 Å². The summed E-state index contributed by atoms with van der Waals surface area (Å²) in [5.41, 5.74) is 1.85. The predicted octanol–water partition coefficient (Wildman–Crippen LogP) is 4.04. The van der Waals surface area contributed by atoms with Gasteiger partial charge in [0.25, 0.3) is 0 Å². The van der Waals surface area contributed by atoms with E-state index in [-0.39, 0.29) is 17.3 Å². The number of aliphatic hydroxyl groups is 1. The summed E-state index contributed by atoms with van der Waals surface area (Å²) in [5, 5.41) is 21.5. The molecule has 2 aromatic rings. The van der Waals surface area contributed by atoms with E-state index in [2.05, 4.69) is 15.5 Å². The summed E-state index contributed by atoms with van der Waals surface area (Å²) in [6, 6.07) is 5.76. The Morgan fingerprint density at radius 3 is 2.80 bits per heavy atom. The van der Waals surface area contributed by atoms with E-state index in [0.29, 0.717) is 15.2 Å². The van der Waals surface area contributed by atoms with Gasteiger partial charge in [0.15, 0.2) is 4.34 Å². The van der Waals surface area contributed by atoms with E-state index < -0.39 is 5.97 Å². The van der Waals surface area contributed by atoms with Gasteiger partial charge in [-0.05, 0) is 50.2 Å². The first kappa shape index (κ1) is 19.1. The first-order valence-corrected chi connectivity index (χ1v) is 9.07. The van der Waals surface area contributed by atoms with Gasteiger partial charge in [0.1, 0.15) is 16.4 Å². The number of nitrogens with zero attached hydrogens (tertiary/aromatic N) is 2. The molecule has 25 heavy (non-hydrogen) atoms. The van der Waals surface area contributed by atoms with Gasteiger partial charge in [-0.15, -0.1) is 10.2 Å². The monoisotopic (exact) mass is 381 g/mol. The Morgan fingerprint density at radius 1 is 1.40 bits per heavy atom. The smallest absolute Gasteiger partial charge is 0.348 e. The molecule has 0 aliphatic carbocycles. The molecule has 0 spiro atoms. The fraction of sp³-hybridized carbons (Fsp3) is 0.312. The molecule has 1 aromatic heterocycles. The topological polar surface area (TPSA) is 93.6 Å². The van der Waals surface area contributed by atoms with Crippen molar-refractivity contribution >= 4 is 39.9 Å². The summed E-state index contributed by atoms with van der Waals surface area (Å²) in [6.07, 6.45) is 0. The third kappa shape index (κ3) is 5.10. The molecular weight excluding hydrogens is 362 g/mol. The van der Waals surface area contributed by atoms with Gasteiger partial charge in [-0.3, -0.25) is 0 Å². The predicted molar refractivity (Wildman–Crippen MR) is 98.7 cm³/mol. The van der Waals surface area contributed by atoms with Crippen LogP contribution in [0.2, 0.25) is 0 Å². The van der Waals surface area contributed by atoms with Crippen LogP contribution in [0.4, 0.5) is 10.8 Å². The molecule has 0 aliphatic heterocycles. The minimum Gasteiger partial charge on any atom is -0.511 e. The summed E-state index contributed by atoms with van der Waals surface area (Å²) >= 11 is 2.27. The first-order valence-electron chi connectivity index (χ1n) is 7.44. The minimum atomic E-state index is -0.586. The minimum absolute atomic E-state index is 0.0951. The highest BCUT2D eigenvalue weighted by atomic mass is 32.2. The lowest BCUT2D eigenvalue weighted by atomic mass is 10.2. The number of nitrogens with one attached hydrogen (secondary N) is 1. The fourth-order valence-corrected chi connectivity index (χ4v) is 3.57. The second kappa shape index (κ2) is 8.72. The molecule has 7 nitrogen and oxygen atoms in total. The van der Waals surface area contributed by atoms with Crippen molar-refractivity contribution in [3.8, 4) is 5.75 Å². The Kier molecular flexibility index (Phi) is 6.65. The number of hydrogen-bond acceptors (Lipinski definition) is 9. The second-order valence-corrected chi connectivity index (χ2v) is 7.17. The molecule has 2 rings (SSSR count). The van der Waals surface area contributed by atoms with Crippen molar-refractivity contribution in [3.05, 3.63) is 34.4 Å². The summed E-state index contributed by atoms with van der Waals surface area (Å²) in [6.45, 7) is 5.34. The van der Waals surface area contributed by atoms with Gasteiger partial charge in [0.05, 0.1) is 19.4 Å². The number of carbonyl (C=O) groups is 1.